The van der Waals surface area contributed by atoms with Gasteiger partial charge in [-0.2, -0.15) is 0 Å². The minimum Gasteiger partial charge on any atom is -0.460 e. The van der Waals surface area contributed by atoms with Crippen LogP contribution in [-0.4, -0.2) is 11.6 Å². The molecular formula is C12H22O2. The van der Waals surface area contributed by atoms with Crippen LogP contribution in [0.5, 0.6) is 0 Å². The van der Waals surface area contributed by atoms with Gasteiger partial charge in [-0.25, -0.2) is 0 Å². The minimum atomic E-state index is -0.338. The fourth-order valence-electron chi connectivity index (χ4n) is 2.04. The topological polar surface area (TPSA) is 26.3 Å². The van der Waals surface area contributed by atoms with Gasteiger partial charge in [-0.05, 0) is 44.9 Å². The second-order valence-corrected chi connectivity index (χ2v) is 5.62. The molecule has 0 saturated heterocycles. The zero-order chi connectivity index (χ0) is 10.9. The SMILES string of the molecule is CC1CC(CC(=O)OC(C)(C)C)C1C. The number of hydrogen-bond donors (Lipinski definition) is 0. The summed E-state index contributed by atoms with van der Waals surface area (Å²) in [6, 6.07) is 0. The zero-order valence-corrected chi connectivity index (χ0v) is 9.96. The highest BCUT2D eigenvalue weighted by Gasteiger charge is 2.36. The molecule has 0 N–H and O–H groups in total. The summed E-state index contributed by atoms with van der Waals surface area (Å²) >= 11 is 0. The van der Waals surface area contributed by atoms with Crippen molar-refractivity contribution in [3.05, 3.63) is 0 Å². The van der Waals surface area contributed by atoms with Crippen LogP contribution in [-0.2, 0) is 9.53 Å². The molecule has 0 bridgehead atoms. The molecule has 1 aliphatic rings. The van der Waals surface area contributed by atoms with Gasteiger partial charge in [0.05, 0.1) is 0 Å². The van der Waals surface area contributed by atoms with E-state index in [9.17, 15) is 4.79 Å². The second kappa shape index (κ2) is 3.92. The molecule has 0 aromatic heterocycles. The highest BCUT2D eigenvalue weighted by atomic mass is 16.6. The first-order valence-corrected chi connectivity index (χ1v) is 5.51. The van der Waals surface area contributed by atoms with Crippen LogP contribution in [0.2, 0.25) is 0 Å². The highest BCUT2D eigenvalue weighted by Crippen LogP contribution is 2.41. The predicted molar refractivity (Wildman–Crippen MR) is 56.9 cm³/mol. The fraction of sp³-hybridized carbons (Fsp3) is 0.917. The lowest BCUT2D eigenvalue weighted by atomic mass is 9.65. The van der Waals surface area contributed by atoms with Gasteiger partial charge in [0.25, 0.3) is 0 Å². The van der Waals surface area contributed by atoms with E-state index in [0.717, 1.165) is 5.92 Å². The summed E-state index contributed by atoms with van der Waals surface area (Å²) in [7, 11) is 0. The van der Waals surface area contributed by atoms with Gasteiger partial charge in [-0.1, -0.05) is 13.8 Å². The Morgan fingerprint density at radius 2 is 1.93 bits per heavy atom. The summed E-state index contributed by atoms with van der Waals surface area (Å²) in [6.07, 6.45) is 1.78. The maximum atomic E-state index is 11.5. The molecule has 14 heavy (non-hydrogen) atoms. The van der Waals surface area contributed by atoms with Crippen LogP contribution in [0.25, 0.3) is 0 Å². The Kier molecular flexibility index (Phi) is 3.23. The average Bonchev–Trinajstić information content (AvgIpc) is 2.00. The van der Waals surface area contributed by atoms with Crippen molar-refractivity contribution in [1.29, 1.82) is 0 Å². The van der Waals surface area contributed by atoms with Crippen molar-refractivity contribution in [1.82, 2.24) is 0 Å². The number of ether oxygens (including phenoxy) is 1. The zero-order valence-electron chi connectivity index (χ0n) is 9.96. The van der Waals surface area contributed by atoms with E-state index < -0.39 is 0 Å². The molecule has 0 aromatic carbocycles. The van der Waals surface area contributed by atoms with Crippen molar-refractivity contribution in [3.8, 4) is 0 Å². The Bertz CT molecular complexity index is 215. The van der Waals surface area contributed by atoms with Gasteiger partial charge in [0.1, 0.15) is 5.60 Å². The monoisotopic (exact) mass is 198 g/mol. The summed E-state index contributed by atoms with van der Waals surface area (Å²) < 4.78 is 5.29. The molecule has 1 saturated carbocycles. The molecule has 0 spiro atoms. The quantitative estimate of drug-likeness (QED) is 0.637. The van der Waals surface area contributed by atoms with E-state index in [2.05, 4.69) is 13.8 Å². The second-order valence-electron chi connectivity index (χ2n) is 5.62. The molecule has 0 heterocycles. The molecular weight excluding hydrogens is 176 g/mol. The van der Waals surface area contributed by atoms with E-state index in [1.165, 1.54) is 6.42 Å². The van der Waals surface area contributed by atoms with Crippen molar-refractivity contribution in [2.75, 3.05) is 0 Å². The molecule has 0 amide bonds. The van der Waals surface area contributed by atoms with Crippen LogP contribution in [0.3, 0.4) is 0 Å². The lowest BCUT2D eigenvalue weighted by Gasteiger charge is -2.40. The first-order chi connectivity index (χ1) is 6.29. The van der Waals surface area contributed by atoms with Crippen LogP contribution in [0.1, 0.15) is 47.5 Å². The molecule has 82 valence electrons. The summed E-state index contributed by atoms with van der Waals surface area (Å²) in [6.45, 7) is 10.2. The lowest BCUT2D eigenvalue weighted by molar-refractivity contribution is -0.158. The number of carbonyl (C=O) groups is 1. The molecule has 1 aliphatic carbocycles. The van der Waals surface area contributed by atoms with E-state index in [4.69, 9.17) is 4.74 Å². The van der Waals surface area contributed by atoms with Gasteiger partial charge in [0.15, 0.2) is 0 Å². The van der Waals surface area contributed by atoms with Crippen LogP contribution in [0.15, 0.2) is 0 Å². The molecule has 3 unspecified atom stereocenters. The molecule has 1 fully saturated rings. The predicted octanol–water partition coefficient (Wildman–Crippen LogP) is 3.01. The van der Waals surface area contributed by atoms with Crippen molar-refractivity contribution < 1.29 is 9.53 Å². The van der Waals surface area contributed by atoms with E-state index in [-0.39, 0.29) is 11.6 Å². The van der Waals surface area contributed by atoms with Crippen molar-refractivity contribution in [2.45, 2.75) is 53.1 Å². The number of rotatable bonds is 2. The third kappa shape index (κ3) is 3.00. The van der Waals surface area contributed by atoms with Crippen LogP contribution >= 0.6 is 0 Å². The summed E-state index contributed by atoms with van der Waals surface area (Å²) in [5.41, 5.74) is -0.338. The smallest absolute Gasteiger partial charge is 0.306 e. The summed E-state index contributed by atoms with van der Waals surface area (Å²) in [4.78, 5) is 11.5. The Hall–Kier alpha value is -0.530. The molecule has 0 aliphatic heterocycles. The average molecular weight is 198 g/mol. The fourth-order valence-corrected chi connectivity index (χ4v) is 2.04. The Labute approximate surface area is 87.0 Å². The van der Waals surface area contributed by atoms with Crippen LogP contribution in [0, 0.1) is 17.8 Å². The van der Waals surface area contributed by atoms with E-state index in [0.29, 0.717) is 18.3 Å². The van der Waals surface area contributed by atoms with Gasteiger partial charge < -0.3 is 4.74 Å². The molecule has 1 rings (SSSR count). The molecule has 2 nitrogen and oxygen atoms in total. The lowest BCUT2D eigenvalue weighted by Crippen LogP contribution is -2.35. The van der Waals surface area contributed by atoms with E-state index in [1.807, 2.05) is 20.8 Å². The number of hydrogen-bond acceptors (Lipinski definition) is 2. The first-order valence-electron chi connectivity index (χ1n) is 5.51. The molecule has 0 aromatic rings. The Morgan fingerprint density at radius 1 is 1.36 bits per heavy atom. The van der Waals surface area contributed by atoms with Gasteiger partial charge in [0.2, 0.25) is 0 Å². The van der Waals surface area contributed by atoms with Crippen molar-refractivity contribution in [2.24, 2.45) is 17.8 Å². The van der Waals surface area contributed by atoms with Crippen molar-refractivity contribution in [3.63, 3.8) is 0 Å². The molecule has 3 atom stereocenters. The van der Waals surface area contributed by atoms with Gasteiger partial charge in [-0.3, -0.25) is 4.79 Å². The van der Waals surface area contributed by atoms with Gasteiger partial charge in [0, 0.05) is 6.42 Å². The van der Waals surface area contributed by atoms with Crippen LogP contribution in [0.4, 0.5) is 0 Å². The van der Waals surface area contributed by atoms with Gasteiger partial charge in [-0.15, -0.1) is 0 Å². The third-order valence-corrected chi connectivity index (χ3v) is 3.16. The van der Waals surface area contributed by atoms with Crippen LogP contribution < -0.4 is 0 Å². The third-order valence-electron chi connectivity index (χ3n) is 3.16. The normalized spacial score (nSPS) is 32.2. The Morgan fingerprint density at radius 3 is 2.29 bits per heavy atom. The standard InChI is InChI=1S/C12H22O2/c1-8-6-10(9(8)2)7-11(13)14-12(3,4)5/h8-10H,6-7H2,1-5H3. The summed E-state index contributed by atoms with van der Waals surface area (Å²) in [5.74, 6) is 1.98. The number of esters is 1. The summed E-state index contributed by atoms with van der Waals surface area (Å²) in [5, 5.41) is 0. The maximum Gasteiger partial charge on any atom is 0.306 e. The maximum absolute atomic E-state index is 11.5. The first kappa shape index (κ1) is 11.5. The molecule has 2 heteroatoms. The van der Waals surface area contributed by atoms with E-state index in [1.54, 1.807) is 0 Å². The van der Waals surface area contributed by atoms with E-state index >= 15 is 0 Å². The minimum absolute atomic E-state index is 0.0405. The van der Waals surface area contributed by atoms with Crippen molar-refractivity contribution >= 4 is 5.97 Å². The highest BCUT2D eigenvalue weighted by molar-refractivity contribution is 5.70. The van der Waals surface area contributed by atoms with Gasteiger partial charge >= 0.3 is 5.97 Å². The molecule has 0 radical (unpaired) electrons. The largest absolute Gasteiger partial charge is 0.460 e. The Balaban J connectivity index is 2.29. The number of carbonyl (C=O) groups excluding carboxylic acids is 1.